The predicted molar refractivity (Wildman–Crippen MR) is 69.9 cm³/mol. The SMILES string of the molecule is NCCCc1ccccc1N1CCCCC1. The van der Waals surface area contributed by atoms with Crippen molar-refractivity contribution in [2.45, 2.75) is 32.1 Å². The molecule has 0 aliphatic carbocycles. The van der Waals surface area contributed by atoms with Crippen molar-refractivity contribution in [3.05, 3.63) is 29.8 Å². The number of benzene rings is 1. The van der Waals surface area contributed by atoms with Gasteiger partial charge in [-0.1, -0.05) is 18.2 Å². The third-order valence-corrected chi connectivity index (χ3v) is 3.34. The van der Waals surface area contributed by atoms with E-state index in [1.165, 1.54) is 43.6 Å². The first kappa shape index (κ1) is 11.5. The summed E-state index contributed by atoms with van der Waals surface area (Å²) in [6.45, 7) is 3.23. The number of hydrogen-bond acceptors (Lipinski definition) is 2. The van der Waals surface area contributed by atoms with Crippen LogP contribution in [0.1, 0.15) is 31.2 Å². The highest BCUT2D eigenvalue weighted by Crippen LogP contribution is 2.24. The summed E-state index contributed by atoms with van der Waals surface area (Å²) < 4.78 is 0. The number of anilines is 1. The Bertz CT molecular complexity index is 316. The van der Waals surface area contributed by atoms with Gasteiger partial charge in [-0.3, -0.25) is 0 Å². The normalized spacial score (nSPS) is 16.4. The maximum absolute atomic E-state index is 5.59. The lowest BCUT2D eigenvalue weighted by Crippen LogP contribution is -2.30. The summed E-state index contributed by atoms with van der Waals surface area (Å²) in [6.07, 6.45) is 6.27. The van der Waals surface area contributed by atoms with Crippen molar-refractivity contribution < 1.29 is 0 Å². The van der Waals surface area contributed by atoms with Crippen molar-refractivity contribution >= 4 is 5.69 Å². The van der Waals surface area contributed by atoms with Crippen molar-refractivity contribution in [3.8, 4) is 0 Å². The molecule has 2 heteroatoms. The van der Waals surface area contributed by atoms with Crippen LogP contribution in [-0.4, -0.2) is 19.6 Å². The van der Waals surface area contributed by atoms with Gasteiger partial charge in [0.25, 0.3) is 0 Å². The highest BCUT2D eigenvalue weighted by Gasteiger charge is 2.13. The second-order valence-corrected chi connectivity index (χ2v) is 4.57. The lowest BCUT2D eigenvalue weighted by molar-refractivity contribution is 0.576. The monoisotopic (exact) mass is 218 g/mol. The van der Waals surface area contributed by atoms with Gasteiger partial charge in [0.1, 0.15) is 0 Å². The van der Waals surface area contributed by atoms with Gasteiger partial charge in [-0.05, 0) is 50.3 Å². The fraction of sp³-hybridized carbons (Fsp3) is 0.571. The van der Waals surface area contributed by atoms with Crippen LogP contribution in [0.25, 0.3) is 0 Å². The highest BCUT2D eigenvalue weighted by molar-refractivity contribution is 5.53. The average molecular weight is 218 g/mol. The van der Waals surface area contributed by atoms with Crippen LogP contribution >= 0.6 is 0 Å². The van der Waals surface area contributed by atoms with E-state index in [-0.39, 0.29) is 0 Å². The molecule has 2 rings (SSSR count). The Morgan fingerprint density at radius 3 is 2.56 bits per heavy atom. The van der Waals surface area contributed by atoms with E-state index in [1.807, 2.05) is 0 Å². The van der Waals surface area contributed by atoms with Crippen molar-refractivity contribution in [1.82, 2.24) is 0 Å². The number of piperidine rings is 1. The Balaban J connectivity index is 2.11. The molecule has 1 aromatic rings. The van der Waals surface area contributed by atoms with E-state index in [2.05, 4.69) is 29.2 Å². The molecule has 1 aliphatic heterocycles. The van der Waals surface area contributed by atoms with Gasteiger partial charge in [0.05, 0.1) is 0 Å². The van der Waals surface area contributed by atoms with Gasteiger partial charge in [0.2, 0.25) is 0 Å². The molecule has 1 saturated heterocycles. The van der Waals surface area contributed by atoms with E-state index in [4.69, 9.17) is 5.73 Å². The largest absolute Gasteiger partial charge is 0.371 e. The van der Waals surface area contributed by atoms with Gasteiger partial charge in [-0.15, -0.1) is 0 Å². The third kappa shape index (κ3) is 2.76. The van der Waals surface area contributed by atoms with Crippen molar-refractivity contribution in [2.75, 3.05) is 24.5 Å². The summed E-state index contributed by atoms with van der Waals surface area (Å²) in [5.74, 6) is 0. The molecular formula is C14H22N2. The van der Waals surface area contributed by atoms with E-state index in [0.717, 1.165) is 19.4 Å². The summed E-state index contributed by atoms with van der Waals surface area (Å²) in [5, 5.41) is 0. The van der Waals surface area contributed by atoms with Crippen LogP contribution in [0.4, 0.5) is 5.69 Å². The van der Waals surface area contributed by atoms with Crippen LogP contribution in [0.3, 0.4) is 0 Å². The van der Waals surface area contributed by atoms with Crippen LogP contribution in [0.2, 0.25) is 0 Å². The van der Waals surface area contributed by atoms with E-state index in [1.54, 1.807) is 0 Å². The average Bonchev–Trinajstić information content (AvgIpc) is 2.38. The first-order chi connectivity index (χ1) is 7.92. The molecule has 0 atom stereocenters. The molecule has 0 bridgehead atoms. The Morgan fingerprint density at radius 1 is 1.06 bits per heavy atom. The zero-order valence-electron chi connectivity index (χ0n) is 9.99. The van der Waals surface area contributed by atoms with Gasteiger partial charge in [-0.25, -0.2) is 0 Å². The Hall–Kier alpha value is -1.02. The first-order valence-electron chi connectivity index (χ1n) is 6.45. The summed E-state index contributed by atoms with van der Waals surface area (Å²) in [6, 6.07) is 8.80. The number of rotatable bonds is 4. The fourth-order valence-electron chi connectivity index (χ4n) is 2.46. The van der Waals surface area contributed by atoms with Crippen LogP contribution in [0.5, 0.6) is 0 Å². The van der Waals surface area contributed by atoms with Crippen molar-refractivity contribution in [3.63, 3.8) is 0 Å². The lowest BCUT2D eigenvalue weighted by atomic mass is 10.0. The topological polar surface area (TPSA) is 29.3 Å². The molecule has 0 radical (unpaired) electrons. The molecule has 1 aliphatic rings. The summed E-state index contributed by atoms with van der Waals surface area (Å²) >= 11 is 0. The van der Waals surface area contributed by atoms with Gasteiger partial charge >= 0.3 is 0 Å². The first-order valence-corrected chi connectivity index (χ1v) is 6.45. The Kier molecular flexibility index (Phi) is 4.23. The molecule has 1 fully saturated rings. The molecule has 1 aromatic carbocycles. The molecule has 0 aromatic heterocycles. The predicted octanol–water partition coefficient (Wildman–Crippen LogP) is 2.57. The second-order valence-electron chi connectivity index (χ2n) is 4.57. The van der Waals surface area contributed by atoms with E-state index in [0.29, 0.717) is 0 Å². The summed E-state index contributed by atoms with van der Waals surface area (Å²) in [7, 11) is 0. The zero-order chi connectivity index (χ0) is 11.2. The Labute approximate surface area is 98.4 Å². The number of nitrogens with zero attached hydrogens (tertiary/aromatic N) is 1. The Morgan fingerprint density at radius 2 is 1.81 bits per heavy atom. The third-order valence-electron chi connectivity index (χ3n) is 3.34. The zero-order valence-corrected chi connectivity index (χ0v) is 9.99. The highest BCUT2D eigenvalue weighted by atomic mass is 15.1. The van der Waals surface area contributed by atoms with Crippen LogP contribution < -0.4 is 10.6 Å². The minimum atomic E-state index is 0.786. The molecule has 0 spiro atoms. The molecule has 16 heavy (non-hydrogen) atoms. The molecule has 0 saturated carbocycles. The van der Waals surface area contributed by atoms with Gasteiger partial charge < -0.3 is 10.6 Å². The number of aryl methyl sites for hydroxylation is 1. The number of hydrogen-bond donors (Lipinski definition) is 1. The molecule has 88 valence electrons. The number of para-hydroxylation sites is 1. The molecule has 2 N–H and O–H groups in total. The van der Waals surface area contributed by atoms with Gasteiger partial charge in [0.15, 0.2) is 0 Å². The minimum absolute atomic E-state index is 0.786. The van der Waals surface area contributed by atoms with E-state index >= 15 is 0 Å². The lowest BCUT2D eigenvalue weighted by Gasteiger charge is -2.30. The van der Waals surface area contributed by atoms with Crippen molar-refractivity contribution in [1.29, 1.82) is 0 Å². The van der Waals surface area contributed by atoms with Gasteiger partial charge in [-0.2, -0.15) is 0 Å². The maximum atomic E-state index is 5.59. The summed E-state index contributed by atoms with van der Waals surface area (Å²) in [5.41, 5.74) is 8.50. The maximum Gasteiger partial charge on any atom is 0.0398 e. The fourth-order valence-corrected chi connectivity index (χ4v) is 2.46. The van der Waals surface area contributed by atoms with Gasteiger partial charge in [0, 0.05) is 18.8 Å². The summed E-state index contributed by atoms with van der Waals surface area (Å²) in [4.78, 5) is 2.54. The molecule has 0 unspecified atom stereocenters. The number of nitrogens with two attached hydrogens (primary N) is 1. The second kappa shape index (κ2) is 5.90. The van der Waals surface area contributed by atoms with E-state index < -0.39 is 0 Å². The molecule has 1 heterocycles. The van der Waals surface area contributed by atoms with E-state index in [9.17, 15) is 0 Å². The molecular weight excluding hydrogens is 196 g/mol. The molecule has 2 nitrogen and oxygen atoms in total. The van der Waals surface area contributed by atoms with Crippen LogP contribution in [0, 0.1) is 0 Å². The van der Waals surface area contributed by atoms with Crippen molar-refractivity contribution in [2.24, 2.45) is 5.73 Å². The van der Waals surface area contributed by atoms with Crippen LogP contribution in [-0.2, 0) is 6.42 Å². The molecule has 0 amide bonds. The standard InChI is InChI=1S/C14H22N2/c15-10-6-8-13-7-2-3-9-14(13)16-11-4-1-5-12-16/h2-3,7,9H,1,4-6,8,10-12,15H2. The minimum Gasteiger partial charge on any atom is -0.371 e. The quantitative estimate of drug-likeness (QED) is 0.841. The smallest absolute Gasteiger partial charge is 0.0398 e. The van der Waals surface area contributed by atoms with Crippen LogP contribution in [0.15, 0.2) is 24.3 Å².